The predicted octanol–water partition coefficient (Wildman–Crippen LogP) is -0.762. The summed E-state index contributed by atoms with van der Waals surface area (Å²) in [6.07, 6.45) is 1.93. The van der Waals surface area contributed by atoms with Crippen LogP contribution in [0.3, 0.4) is 0 Å². The van der Waals surface area contributed by atoms with E-state index in [2.05, 4.69) is 16.0 Å². The van der Waals surface area contributed by atoms with Gasteiger partial charge in [0.1, 0.15) is 6.54 Å². The van der Waals surface area contributed by atoms with Crippen molar-refractivity contribution in [2.45, 2.75) is 12.2 Å². The molecule has 8 heteroatoms. The molecule has 0 fully saturated rings. The second-order valence-corrected chi connectivity index (χ2v) is 4.56. The first-order valence-corrected chi connectivity index (χ1v) is 6.27. The second kappa shape index (κ2) is 8.68. The van der Waals surface area contributed by atoms with E-state index in [9.17, 15) is 14.4 Å². The number of carbonyl (C=O) groups excluding carboxylic acids is 2. The summed E-state index contributed by atoms with van der Waals surface area (Å²) in [5.74, 6) is -1.67. The summed E-state index contributed by atoms with van der Waals surface area (Å²) in [6.45, 7) is 1.77. The number of rotatable bonds is 7. The van der Waals surface area contributed by atoms with Gasteiger partial charge in [0.2, 0.25) is 5.91 Å². The molecule has 1 unspecified atom stereocenters. The van der Waals surface area contributed by atoms with Crippen molar-refractivity contribution in [1.82, 2.24) is 16.0 Å². The number of aliphatic carboxylic acids is 1. The molecule has 0 spiro atoms. The Hall–Kier alpha value is -1.44. The van der Waals surface area contributed by atoms with Crippen LogP contribution in [-0.2, 0) is 9.59 Å². The summed E-state index contributed by atoms with van der Waals surface area (Å²) < 4.78 is 0. The fraction of sp³-hybridized carbons (Fsp3) is 0.667. The van der Waals surface area contributed by atoms with Crippen LogP contribution in [0.15, 0.2) is 0 Å². The Labute approximate surface area is 104 Å². The highest BCUT2D eigenvalue weighted by Gasteiger charge is 2.07. The van der Waals surface area contributed by atoms with E-state index in [4.69, 9.17) is 5.11 Å². The summed E-state index contributed by atoms with van der Waals surface area (Å²) in [4.78, 5) is 32.3. The molecule has 0 radical (unpaired) electrons. The Morgan fingerprint density at radius 2 is 1.82 bits per heavy atom. The van der Waals surface area contributed by atoms with Gasteiger partial charge in [-0.05, 0) is 6.26 Å². The van der Waals surface area contributed by atoms with Crippen LogP contribution in [0.5, 0.6) is 0 Å². The van der Waals surface area contributed by atoms with Crippen LogP contribution in [-0.4, -0.2) is 54.2 Å². The van der Waals surface area contributed by atoms with Crippen LogP contribution >= 0.6 is 11.8 Å². The molecule has 3 amide bonds. The Kier molecular flexibility index (Phi) is 7.95. The van der Waals surface area contributed by atoms with Crippen LogP contribution in [0, 0.1) is 0 Å². The minimum Gasteiger partial charge on any atom is -0.480 e. The first-order valence-electron chi connectivity index (χ1n) is 4.98. The van der Waals surface area contributed by atoms with Crippen LogP contribution < -0.4 is 16.0 Å². The average Bonchev–Trinajstić information content (AvgIpc) is 2.30. The summed E-state index contributed by atoms with van der Waals surface area (Å²) in [5, 5.41) is 15.6. The number of carbonyl (C=O) groups is 3. The predicted molar refractivity (Wildman–Crippen MR) is 65.0 cm³/mol. The van der Waals surface area contributed by atoms with Crippen LogP contribution in [0.25, 0.3) is 0 Å². The number of nitrogens with one attached hydrogen (secondary N) is 3. The molecule has 0 aliphatic heterocycles. The van der Waals surface area contributed by atoms with Crippen LogP contribution in [0.4, 0.5) is 4.79 Å². The van der Waals surface area contributed by atoms with E-state index in [1.54, 1.807) is 11.8 Å². The molecule has 0 saturated heterocycles. The lowest BCUT2D eigenvalue weighted by Crippen LogP contribution is -2.44. The van der Waals surface area contributed by atoms with Crippen molar-refractivity contribution in [2.75, 3.05) is 25.9 Å². The van der Waals surface area contributed by atoms with E-state index in [-0.39, 0.29) is 6.54 Å². The number of hydrogen-bond donors (Lipinski definition) is 4. The molecular weight excluding hydrogens is 246 g/mol. The largest absolute Gasteiger partial charge is 0.480 e. The number of amides is 3. The zero-order valence-electron chi connectivity index (χ0n) is 9.78. The molecule has 1 atom stereocenters. The Bertz CT molecular complexity index is 285. The molecule has 7 nitrogen and oxygen atoms in total. The highest BCUT2D eigenvalue weighted by Crippen LogP contribution is 2.01. The van der Waals surface area contributed by atoms with Crippen molar-refractivity contribution < 1.29 is 19.5 Å². The standard InChI is InChI=1S/C9H17N3O4S/c1-6(17-2)3-11-9(16)12-4-7(13)10-5-8(14)15/h6H,3-5H2,1-2H3,(H,10,13)(H,14,15)(H2,11,12,16). The fourth-order valence-electron chi connectivity index (χ4n) is 0.780. The molecule has 0 saturated carbocycles. The quantitative estimate of drug-likeness (QED) is 0.483. The molecule has 0 aliphatic carbocycles. The number of carboxylic acid groups (broad SMARTS) is 1. The number of hydrogen-bond acceptors (Lipinski definition) is 4. The zero-order chi connectivity index (χ0) is 13.3. The third-order valence-corrected chi connectivity index (χ3v) is 2.77. The molecule has 0 aromatic carbocycles. The molecule has 17 heavy (non-hydrogen) atoms. The highest BCUT2D eigenvalue weighted by atomic mass is 32.2. The molecule has 0 aliphatic rings. The maximum Gasteiger partial charge on any atom is 0.322 e. The van der Waals surface area contributed by atoms with Gasteiger partial charge in [0.25, 0.3) is 0 Å². The van der Waals surface area contributed by atoms with Crippen molar-refractivity contribution >= 4 is 29.7 Å². The van der Waals surface area contributed by atoms with Gasteiger partial charge in [-0.25, -0.2) is 4.79 Å². The van der Waals surface area contributed by atoms with Gasteiger partial charge < -0.3 is 21.1 Å². The van der Waals surface area contributed by atoms with E-state index in [1.165, 1.54) is 0 Å². The molecule has 0 aromatic heterocycles. The first-order chi connectivity index (χ1) is 7.95. The van der Waals surface area contributed by atoms with Gasteiger partial charge in [-0.1, -0.05) is 6.92 Å². The lowest BCUT2D eigenvalue weighted by molar-refractivity contribution is -0.137. The van der Waals surface area contributed by atoms with Crippen molar-refractivity contribution in [2.24, 2.45) is 0 Å². The minimum atomic E-state index is -1.13. The summed E-state index contributed by atoms with van der Waals surface area (Å²) in [6, 6.07) is -0.448. The minimum absolute atomic E-state index is 0.243. The van der Waals surface area contributed by atoms with E-state index in [0.29, 0.717) is 11.8 Å². The third kappa shape index (κ3) is 9.49. The topological polar surface area (TPSA) is 108 Å². The Morgan fingerprint density at radius 1 is 1.18 bits per heavy atom. The SMILES string of the molecule is CSC(C)CNC(=O)NCC(=O)NCC(=O)O. The van der Waals surface area contributed by atoms with Crippen molar-refractivity contribution in [3.05, 3.63) is 0 Å². The molecule has 0 heterocycles. The molecule has 0 bridgehead atoms. The molecule has 98 valence electrons. The lowest BCUT2D eigenvalue weighted by Gasteiger charge is -2.10. The van der Waals surface area contributed by atoms with Gasteiger partial charge in [-0.2, -0.15) is 11.8 Å². The van der Waals surface area contributed by atoms with Gasteiger partial charge in [0, 0.05) is 11.8 Å². The van der Waals surface area contributed by atoms with Crippen molar-refractivity contribution in [3.8, 4) is 0 Å². The fourth-order valence-corrected chi connectivity index (χ4v) is 1.03. The zero-order valence-corrected chi connectivity index (χ0v) is 10.6. The van der Waals surface area contributed by atoms with E-state index >= 15 is 0 Å². The molecule has 0 aromatic rings. The summed E-state index contributed by atoms with van der Waals surface area (Å²) >= 11 is 1.62. The van der Waals surface area contributed by atoms with Gasteiger partial charge in [0.15, 0.2) is 0 Å². The van der Waals surface area contributed by atoms with Gasteiger partial charge in [-0.15, -0.1) is 0 Å². The maximum atomic E-state index is 11.2. The van der Waals surface area contributed by atoms with Gasteiger partial charge in [0.05, 0.1) is 6.54 Å². The Morgan fingerprint density at radius 3 is 2.35 bits per heavy atom. The first kappa shape index (κ1) is 15.6. The van der Waals surface area contributed by atoms with Gasteiger partial charge in [-0.3, -0.25) is 9.59 Å². The van der Waals surface area contributed by atoms with E-state index < -0.39 is 24.5 Å². The smallest absolute Gasteiger partial charge is 0.322 e. The van der Waals surface area contributed by atoms with Gasteiger partial charge >= 0.3 is 12.0 Å². The lowest BCUT2D eigenvalue weighted by atomic mass is 10.5. The number of carboxylic acids is 1. The van der Waals surface area contributed by atoms with E-state index in [1.807, 2.05) is 13.2 Å². The second-order valence-electron chi connectivity index (χ2n) is 3.28. The van der Waals surface area contributed by atoms with Crippen LogP contribution in [0.2, 0.25) is 0 Å². The number of thioether (sulfide) groups is 1. The van der Waals surface area contributed by atoms with Crippen molar-refractivity contribution in [3.63, 3.8) is 0 Å². The highest BCUT2D eigenvalue weighted by molar-refractivity contribution is 7.99. The van der Waals surface area contributed by atoms with Crippen LogP contribution in [0.1, 0.15) is 6.92 Å². The number of urea groups is 1. The molecule has 4 N–H and O–H groups in total. The van der Waals surface area contributed by atoms with E-state index in [0.717, 1.165) is 0 Å². The normalized spacial score (nSPS) is 11.4. The molecule has 0 rings (SSSR count). The maximum absolute atomic E-state index is 11.2. The summed E-state index contributed by atoms with van der Waals surface area (Å²) in [7, 11) is 0. The molecular formula is C9H17N3O4S. The Balaban J connectivity index is 3.62. The van der Waals surface area contributed by atoms with Crippen molar-refractivity contribution in [1.29, 1.82) is 0 Å². The monoisotopic (exact) mass is 263 g/mol. The summed E-state index contributed by atoms with van der Waals surface area (Å²) in [5.41, 5.74) is 0. The average molecular weight is 263 g/mol. The third-order valence-electron chi connectivity index (χ3n) is 1.80.